The number of hydrazone groups is 1. The van der Waals surface area contributed by atoms with E-state index in [1.165, 1.54) is 6.21 Å². The van der Waals surface area contributed by atoms with E-state index < -0.39 is 5.91 Å². The summed E-state index contributed by atoms with van der Waals surface area (Å²) in [5.74, 6) is 0.510. The molecule has 0 radical (unpaired) electrons. The van der Waals surface area contributed by atoms with Crippen LogP contribution in [0.1, 0.15) is 16.3 Å². The standard InChI is InChI=1S/C16H11BrN2O3/c17-12-5-6-14-11(9-12)10-15(22-14)16(20)19-18-7-1-3-13-4-2-8-21-13/h1-10H,(H,19,20). The van der Waals surface area contributed by atoms with E-state index in [1.54, 1.807) is 36.6 Å². The fourth-order valence-electron chi connectivity index (χ4n) is 1.84. The number of halogens is 1. The number of allylic oxidation sites excluding steroid dienone is 1. The summed E-state index contributed by atoms with van der Waals surface area (Å²) in [6, 6.07) is 10.8. The summed E-state index contributed by atoms with van der Waals surface area (Å²) in [7, 11) is 0. The van der Waals surface area contributed by atoms with Gasteiger partial charge in [-0.2, -0.15) is 5.10 Å². The summed E-state index contributed by atoms with van der Waals surface area (Å²) in [5.41, 5.74) is 3.05. The first-order valence-electron chi connectivity index (χ1n) is 6.45. The maximum absolute atomic E-state index is 11.9. The third kappa shape index (κ3) is 3.35. The van der Waals surface area contributed by atoms with Crippen LogP contribution in [0.3, 0.4) is 0 Å². The number of hydrogen-bond acceptors (Lipinski definition) is 4. The Morgan fingerprint density at radius 1 is 1.27 bits per heavy atom. The summed E-state index contributed by atoms with van der Waals surface area (Å²) in [6.45, 7) is 0. The molecule has 2 aromatic heterocycles. The largest absolute Gasteiger partial charge is 0.465 e. The number of nitrogens with one attached hydrogen (secondary N) is 1. The summed E-state index contributed by atoms with van der Waals surface area (Å²) in [5, 5.41) is 4.66. The molecule has 0 saturated carbocycles. The van der Waals surface area contributed by atoms with E-state index in [-0.39, 0.29) is 5.76 Å². The number of carbonyl (C=O) groups is 1. The second-order valence-electron chi connectivity index (χ2n) is 4.39. The Labute approximate surface area is 134 Å². The van der Waals surface area contributed by atoms with Crippen LogP contribution in [0, 0.1) is 0 Å². The maximum Gasteiger partial charge on any atom is 0.307 e. The van der Waals surface area contributed by atoms with Crippen molar-refractivity contribution in [2.24, 2.45) is 5.10 Å². The van der Waals surface area contributed by atoms with Gasteiger partial charge in [-0.05, 0) is 48.6 Å². The summed E-state index contributed by atoms with van der Waals surface area (Å²) >= 11 is 3.37. The fourth-order valence-corrected chi connectivity index (χ4v) is 2.22. The van der Waals surface area contributed by atoms with Gasteiger partial charge in [-0.1, -0.05) is 15.9 Å². The zero-order valence-electron chi connectivity index (χ0n) is 11.3. The Bertz CT molecular complexity index is 848. The van der Waals surface area contributed by atoms with Crippen LogP contribution < -0.4 is 5.43 Å². The molecule has 3 rings (SSSR count). The maximum atomic E-state index is 11.9. The van der Waals surface area contributed by atoms with E-state index in [0.717, 1.165) is 9.86 Å². The van der Waals surface area contributed by atoms with Crippen LogP contribution >= 0.6 is 15.9 Å². The monoisotopic (exact) mass is 358 g/mol. The number of fused-ring (bicyclic) bond motifs is 1. The van der Waals surface area contributed by atoms with Crippen molar-refractivity contribution in [3.05, 3.63) is 64.7 Å². The molecule has 3 aromatic rings. The SMILES string of the molecule is O=C(NN=CC=Cc1ccco1)c1cc2cc(Br)ccc2o1. The Morgan fingerprint density at radius 3 is 3.00 bits per heavy atom. The highest BCUT2D eigenvalue weighted by Crippen LogP contribution is 2.23. The average molecular weight is 359 g/mol. The minimum Gasteiger partial charge on any atom is -0.465 e. The predicted octanol–water partition coefficient (Wildman–Crippen LogP) is 4.22. The topological polar surface area (TPSA) is 67.7 Å². The number of nitrogens with zero attached hydrogens (tertiary/aromatic N) is 1. The third-order valence-corrected chi connectivity index (χ3v) is 3.33. The number of furan rings is 2. The molecule has 0 aliphatic rings. The van der Waals surface area contributed by atoms with Crippen LogP contribution in [0.5, 0.6) is 0 Å². The van der Waals surface area contributed by atoms with Crippen LogP contribution in [0.2, 0.25) is 0 Å². The van der Waals surface area contributed by atoms with Gasteiger partial charge in [0.05, 0.1) is 6.26 Å². The molecular formula is C16H11BrN2O3. The van der Waals surface area contributed by atoms with E-state index in [4.69, 9.17) is 8.83 Å². The van der Waals surface area contributed by atoms with Crippen LogP contribution in [-0.4, -0.2) is 12.1 Å². The lowest BCUT2D eigenvalue weighted by molar-refractivity contribution is 0.0929. The summed E-state index contributed by atoms with van der Waals surface area (Å²) in [6.07, 6.45) is 6.43. The number of benzene rings is 1. The third-order valence-electron chi connectivity index (χ3n) is 2.83. The smallest absolute Gasteiger partial charge is 0.307 e. The molecule has 0 saturated heterocycles. The van der Waals surface area contributed by atoms with Crippen LogP contribution in [0.15, 0.2) is 67.1 Å². The average Bonchev–Trinajstić information content (AvgIpc) is 3.15. The van der Waals surface area contributed by atoms with Crippen molar-refractivity contribution >= 4 is 45.1 Å². The Hall–Kier alpha value is -2.60. The van der Waals surface area contributed by atoms with Gasteiger partial charge in [-0.25, -0.2) is 5.43 Å². The van der Waals surface area contributed by atoms with Gasteiger partial charge in [-0.15, -0.1) is 0 Å². The lowest BCUT2D eigenvalue weighted by atomic mass is 10.2. The highest BCUT2D eigenvalue weighted by molar-refractivity contribution is 9.10. The zero-order chi connectivity index (χ0) is 15.4. The van der Waals surface area contributed by atoms with Crippen molar-refractivity contribution in [2.45, 2.75) is 0 Å². The highest BCUT2D eigenvalue weighted by atomic mass is 79.9. The van der Waals surface area contributed by atoms with Crippen molar-refractivity contribution in [1.29, 1.82) is 0 Å². The van der Waals surface area contributed by atoms with Gasteiger partial charge in [0.15, 0.2) is 5.76 Å². The van der Waals surface area contributed by atoms with E-state index in [2.05, 4.69) is 26.5 Å². The lowest BCUT2D eigenvalue weighted by Gasteiger charge is -1.93. The lowest BCUT2D eigenvalue weighted by Crippen LogP contribution is -2.16. The van der Waals surface area contributed by atoms with Crippen molar-refractivity contribution in [3.63, 3.8) is 0 Å². The minimum absolute atomic E-state index is 0.209. The van der Waals surface area contributed by atoms with E-state index >= 15 is 0 Å². The van der Waals surface area contributed by atoms with Gasteiger partial charge < -0.3 is 8.83 Å². The fraction of sp³-hybridized carbons (Fsp3) is 0. The molecule has 0 aliphatic carbocycles. The van der Waals surface area contributed by atoms with E-state index in [1.807, 2.05) is 18.2 Å². The van der Waals surface area contributed by atoms with Gasteiger partial charge >= 0.3 is 5.91 Å². The van der Waals surface area contributed by atoms with Gasteiger partial charge in [0, 0.05) is 16.1 Å². The molecule has 110 valence electrons. The number of amides is 1. The first kappa shape index (κ1) is 14.3. The second-order valence-corrected chi connectivity index (χ2v) is 5.30. The number of hydrogen-bond donors (Lipinski definition) is 1. The molecule has 22 heavy (non-hydrogen) atoms. The molecule has 0 atom stereocenters. The van der Waals surface area contributed by atoms with Gasteiger partial charge in [-0.3, -0.25) is 4.79 Å². The second kappa shape index (κ2) is 6.44. The Morgan fingerprint density at radius 2 is 2.18 bits per heavy atom. The highest BCUT2D eigenvalue weighted by Gasteiger charge is 2.11. The molecule has 0 fully saturated rings. The molecule has 1 N–H and O–H groups in total. The van der Waals surface area contributed by atoms with Crippen LogP contribution in [0.4, 0.5) is 0 Å². The molecule has 0 spiro atoms. The van der Waals surface area contributed by atoms with Crippen molar-refractivity contribution in [3.8, 4) is 0 Å². The van der Waals surface area contributed by atoms with Gasteiger partial charge in [0.2, 0.25) is 0 Å². The Kier molecular flexibility index (Phi) is 4.20. The first-order valence-corrected chi connectivity index (χ1v) is 7.24. The quantitative estimate of drug-likeness (QED) is 0.560. The van der Waals surface area contributed by atoms with Gasteiger partial charge in [0.1, 0.15) is 11.3 Å². The number of rotatable bonds is 4. The summed E-state index contributed by atoms with van der Waals surface area (Å²) in [4.78, 5) is 11.9. The minimum atomic E-state index is -0.407. The molecule has 0 unspecified atom stereocenters. The van der Waals surface area contributed by atoms with Crippen LogP contribution in [-0.2, 0) is 0 Å². The van der Waals surface area contributed by atoms with E-state index in [9.17, 15) is 4.79 Å². The normalized spacial score (nSPS) is 11.7. The molecule has 5 nitrogen and oxygen atoms in total. The molecule has 0 aliphatic heterocycles. The molecular weight excluding hydrogens is 348 g/mol. The molecule has 1 aromatic carbocycles. The molecule has 2 heterocycles. The van der Waals surface area contributed by atoms with Crippen LogP contribution in [0.25, 0.3) is 17.0 Å². The zero-order valence-corrected chi connectivity index (χ0v) is 12.9. The predicted molar refractivity (Wildman–Crippen MR) is 87.6 cm³/mol. The van der Waals surface area contributed by atoms with Gasteiger partial charge in [0.25, 0.3) is 0 Å². The van der Waals surface area contributed by atoms with E-state index in [0.29, 0.717) is 11.3 Å². The van der Waals surface area contributed by atoms with Crippen molar-refractivity contribution in [1.82, 2.24) is 5.43 Å². The molecule has 6 heteroatoms. The first-order chi connectivity index (χ1) is 10.7. The molecule has 1 amide bonds. The number of carbonyl (C=O) groups excluding carboxylic acids is 1. The Balaban J connectivity index is 1.63. The van der Waals surface area contributed by atoms with Crippen molar-refractivity contribution < 1.29 is 13.6 Å². The molecule has 0 bridgehead atoms. The summed E-state index contributed by atoms with van der Waals surface area (Å²) < 4.78 is 11.5. The van der Waals surface area contributed by atoms with Crippen molar-refractivity contribution in [2.75, 3.05) is 0 Å².